The van der Waals surface area contributed by atoms with Crippen LogP contribution in [0.1, 0.15) is 40.7 Å². The molecule has 5 rings (SSSR count). The lowest BCUT2D eigenvalue weighted by Crippen LogP contribution is -2.13. The van der Waals surface area contributed by atoms with Crippen LogP contribution in [-0.4, -0.2) is 35.8 Å². The number of aryl methyl sites for hydroxylation is 2. The molecule has 6 nitrogen and oxygen atoms in total. The zero-order valence-corrected chi connectivity index (χ0v) is 15.8. The van der Waals surface area contributed by atoms with Gasteiger partial charge in [-0.3, -0.25) is 4.99 Å². The Morgan fingerprint density at radius 3 is 2.26 bits per heavy atom. The molecular formula is C20H20N4O2S. The Hall–Kier alpha value is -2.41. The molecule has 0 unspecified atom stereocenters. The van der Waals surface area contributed by atoms with E-state index in [9.17, 15) is 8.42 Å². The third-order valence-corrected chi connectivity index (χ3v) is 7.25. The summed E-state index contributed by atoms with van der Waals surface area (Å²) in [6.45, 7) is 0.348. The van der Waals surface area contributed by atoms with Gasteiger partial charge >= 0.3 is 0 Å². The molecule has 0 atom stereocenters. The standard InChI is InChI=1S/C20H20N4O2S/c25-27(26,16-10-21-12-22-11-16)20-23-9-15(24-20)8-19-17-5-1-3-13(17)7-14-4-2-6-18(14)19/h7,10-12H,1-6,8-9H2. The van der Waals surface area contributed by atoms with Crippen molar-refractivity contribution < 1.29 is 8.42 Å². The van der Waals surface area contributed by atoms with Crippen LogP contribution in [0.3, 0.4) is 0 Å². The van der Waals surface area contributed by atoms with E-state index in [2.05, 4.69) is 26.0 Å². The number of aromatic nitrogens is 2. The molecule has 2 aromatic rings. The maximum absolute atomic E-state index is 12.7. The van der Waals surface area contributed by atoms with Crippen molar-refractivity contribution in [2.75, 3.05) is 6.54 Å². The average molecular weight is 380 g/mol. The van der Waals surface area contributed by atoms with E-state index in [1.807, 2.05) is 0 Å². The van der Waals surface area contributed by atoms with E-state index in [0.717, 1.165) is 31.4 Å². The van der Waals surface area contributed by atoms with Crippen molar-refractivity contribution >= 4 is 20.7 Å². The fraction of sp³-hybridized carbons (Fsp3) is 0.400. The minimum Gasteiger partial charge on any atom is -0.250 e. The van der Waals surface area contributed by atoms with Crippen molar-refractivity contribution in [2.24, 2.45) is 9.98 Å². The summed E-state index contributed by atoms with van der Waals surface area (Å²) in [6.07, 6.45) is 11.6. The largest absolute Gasteiger partial charge is 0.250 e. The molecule has 0 amide bonds. The Kier molecular flexibility index (Phi) is 3.93. The molecule has 2 aliphatic carbocycles. The van der Waals surface area contributed by atoms with E-state index in [1.165, 1.54) is 59.4 Å². The van der Waals surface area contributed by atoms with Crippen molar-refractivity contribution in [1.29, 1.82) is 0 Å². The van der Waals surface area contributed by atoms with E-state index < -0.39 is 9.84 Å². The van der Waals surface area contributed by atoms with Crippen LogP contribution < -0.4 is 0 Å². The molecule has 27 heavy (non-hydrogen) atoms. The molecule has 0 saturated heterocycles. The molecule has 2 heterocycles. The molecule has 0 N–H and O–H groups in total. The van der Waals surface area contributed by atoms with Crippen LogP contribution >= 0.6 is 0 Å². The number of benzene rings is 1. The maximum Gasteiger partial charge on any atom is 0.247 e. The fourth-order valence-electron chi connectivity index (χ4n) is 4.49. The van der Waals surface area contributed by atoms with Gasteiger partial charge in [-0.1, -0.05) is 6.07 Å². The minimum atomic E-state index is -3.75. The Bertz CT molecular complexity index is 1060. The predicted octanol–water partition coefficient (Wildman–Crippen LogP) is 2.28. The minimum absolute atomic E-state index is 0.0373. The third-order valence-electron chi connectivity index (χ3n) is 5.72. The third kappa shape index (κ3) is 2.81. The van der Waals surface area contributed by atoms with Crippen molar-refractivity contribution in [3.05, 3.63) is 52.6 Å². The van der Waals surface area contributed by atoms with Crippen molar-refractivity contribution in [2.45, 2.75) is 49.8 Å². The Labute approximate surface area is 158 Å². The monoisotopic (exact) mass is 380 g/mol. The maximum atomic E-state index is 12.7. The summed E-state index contributed by atoms with van der Waals surface area (Å²) in [7, 11) is -3.75. The van der Waals surface area contributed by atoms with Crippen LogP contribution in [-0.2, 0) is 41.9 Å². The normalized spacial score (nSPS) is 18.2. The number of fused-ring (bicyclic) bond motifs is 2. The van der Waals surface area contributed by atoms with Gasteiger partial charge in [-0.15, -0.1) is 0 Å². The smallest absolute Gasteiger partial charge is 0.247 e. The highest BCUT2D eigenvalue weighted by Gasteiger charge is 2.29. The lowest BCUT2D eigenvalue weighted by atomic mass is 9.91. The van der Waals surface area contributed by atoms with E-state index >= 15 is 0 Å². The van der Waals surface area contributed by atoms with E-state index in [4.69, 9.17) is 0 Å². The molecule has 1 aromatic carbocycles. The highest BCUT2D eigenvalue weighted by Crippen LogP contribution is 2.35. The second-order valence-corrected chi connectivity index (χ2v) is 9.21. The van der Waals surface area contributed by atoms with Crippen molar-refractivity contribution in [1.82, 2.24) is 9.97 Å². The van der Waals surface area contributed by atoms with Gasteiger partial charge in [0.15, 0.2) is 0 Å². The lowest BCUT2D eigenvalue weighted by molar-refractivity contribution is 0.606. The number of nitrogens with zero attached hydrogens (tertiary/aromatic N) is 4. The molecule has 1 aliphatic heterocycles. The zero-order valence-electron chi connectivity index (χ0n) is 15.0. The first-order valence-electron chi connectivity index (χ1n) is 9.39. The van der Waals surface area contributed by atoms with Crippen molar-refractivity contribution in [3.8, 4) is 0 Å². The number of rotatable bonds is 3. The molecule has 138 valence electrons. The molecule has 0 radical (unpaired) electrons. The highest BCUT2D eigenvalue weighted by molar-refractivity contribution is 8.06. The van der Waals surface area contributed by atoms with Gasteiger partial charge in [-0.2, -0.15) is 0 Å². The fourth-order valence-corrected chi connectivity index (χ4v) is 5.58. The number of hydrogen-bond acceptors (Lipinski definition) is 6. The summed E-state index contributed by atoms with van der Waals surface area (Å²) in [5.74, 6) is 0. The zero-order chi connectivity index (χ0) is 18.4. The average Bonchev–Trinajstić information content (AvgIpc) is 3.42. The topological polar surface area (TPSA) is 84.6 Å². The molecule has 7 heteroatoms. The summed E-state index contributed by atoms with van der Waals surface area (Å²) >= 11 is 0. The Morgan fingerprint density at radius 2 is 1.59 bits per heavy atom. The van der Waals surface area contributed by atoms with E-state index in [1.54, 1.807) is 0 Å². The van der Waals surface area contributed by atoms with Crippen molar-refractivity contribution in [3.63, 3.8) is 0 Å². The molecule has 0 bridgehead atoms. The number of aliphatic imine (C=N–C) groups is 2. The number of sulfone groups is 1. The quantitative estimate of drug-likeness (QED) is 0.818. The van der Waals surface area contributed by atoms with Crippen LogP contribution in [0.2, 0.25) is 0 Å². The van der Waals surface area contributed by atoms with Crippen LogP contribution in [0.15, 0.2) is 39.7 Å². The summed E-state index contributed by atoms with van der Waals surface area (Å²) in [5, 5.41) is -0.114. The van der Waals surface area contributed by atoms with Gasteiger partial charge in [0.1, 0.15) is 11.2 Å². The molecule has 1 aromatic heterocycles. The SMILES string of the molecule is O=S(=O)(C1=NCC(Cc2c3c(cc4c2CCC4)CCC3)=N1)c1cncnc1. The van der Waals surface area contributed by atoms with Crippen LogP contribution in [0.5, 0.6) is 0 Å². The molecule has 3 aliphatic rings. The van der Waals surface area contributed by atoms with Crippen LogP contribution in [0.25, 0.3) is 0 Å². The Balaban J connectivity index is 1.47. The van der Waals surface area contributed by atoms with E-state index in [0.29, 0.717) is 13.0 Å². The van der Waals surface area contributed by atoms with Gasteiger partial charge in [0, 0.05) is 24.5 Å². The summed E-state index contributed by atoms with van der Waals surface area (Å²) < 4.78 is 25.4. The second kappa shape index (κ2) is 6.34. The first kappa shape index (κ1) is 16.7. The first-order chi connectivity index (χ1) is 13.1. The molecule has 0 spiro atoms. The highest BCUT2D eigenvalue weighted by atomic mass is 32.2. The molecule has 0 fully saturated rings. The van der Waals surface area contributed by atoms with Gasteiger partial charge < -0.3 is 0 Å². The van der Waals surface area contributed by atoms with Gasteiger partial charge in [0.05, 0.1) is 6.54 Å². The number of amidine groups is 1. The first-order valence-corrected chi connectivity index (χ1v) is 10.9. The van der Waals surface area contributed by atoms with Gasteiger partial charge in [-0.05, 0) is 66.3 Å². The van der Waals surface area contributed by atoms with Crippen LogP contribution in [0.4, 0.5) is 0 Å². The van der Waals surface area contributed by atoms with Gasteiger partial charge in [-0.25, -0.2) is 23.4 Å². The van der Waals surface area contributed by atoms with Gasteiger partial charge in [0.25, 0.3) is 0 Å². The molecule has 0 saturated carbocycles. The van der Waals surface area contributed by atoms with Crippen LogP contribution in [0, 0.1) is 0 Å². The summed E-state index contributed by atoms with van der Waals surface area (Å²) in [4.78, 5) is 16.2. The predicted molar refractivity (Wildman–Crippen MR) is 103 cm³/mol. The summed E-state index contributed by atoms with van der Waals surface area (Å²) in [6, 6.07) is 2.41. The van der Waals surface area contributed by atoms with E-state index in [-0.39, 0.29) is 10.1 Å². The van der Waals surface area contributed by atoms with Gasteiger partial charge in [0.2, 0.25) is 15.0 Å². The summed E-state index contributed by atoms with van der Waals surface area (Å²) in [5.41, 5.74) is 8.16. The lowest BCUT2D eigenvalue weighted by Gasteiger charge is -2.15. The second-order valence-electron chi connectivity index (χ2n) is 7.37. The Morgan fingerprint density at radius 1 is 0.926 bits per heavy atom. The number of hydrogen-bond donors (Lipinski definition) is 0. The molecular weight excluding hydrogens is 360 g/mol.